The molecule has 0 bridgehead atoms. The third kappa shape index (κ3) is 2.50. The van der Waals surface area contributed by atoms with Crippen molar-refractivity contribution in [2.45, 2.75) is 32.6 Å². The van der Waals surface area contributed by atoms with Gasteiger partial charge in [0, 0.05) is 30.2 Å². The summed E-state index contributed by atoms with van der Waals surface area (Å²) in [5.74, 6) is 0.266. The van der Waals surface area contributed by atoms with Crippen LogP contribution in [0.5, 0.6) is 0 Å². The van der Waals surface area contributed by atoms with Gasteiger partial charge in [0.2, 0.25) is 5.91 Å². The quantitative estimate of drug-likeness (QED) is 0.881. The number of aromatic nitrogens is 1. The molecule has 0 aliphatic carbocycles. The van der Waals surface area contributed by atoms with Crippen molar-refractivity contribution < 1.29 is 4.79 Å². The van der Waals surface area contributed by atoms with Gasteiger partial charge in [-0.2, -0.15) is 0 Å². The van der Waals surface area contributed by atoms with Crippen molar-refractivity contribution in [1.82, 2.24) is 9.88 Å². The van der Waals surface area contributed by atoms with Gasteiger partial charge in [0.1, 0.15) is 0 Å². The van der Waals surface area contributed by atoms with Crippen LogP contribution in [0.1, 0.15) is 30.4 Å². The molecule has 0 saturated carbocycles. The summed E-state index contributed by atoms with van der Waals surface area (Å²) in [5.41, 5.74) is 3.47. The first-order chi connectivity index (χ1) is 9.24. The Morgan fingerprint density at radius 3 is 2.84 bits per heavy atom. The maximum atomic E-state index is 12.3. The molecule has 100 valence electrons. The number of nitrogens with one attached hydrogen (secondary N) is 1. The van der Waals surface area contributed by atoms with Crippen molar-refractivity contribution in [3.05, 3.63) is 35.5 Å². The van der Waals surface area contributed by atoms with E-state index in [1.165, 1.54) is 17.4 Å². The number of hydrogen-bond acceptors (Lipinski definition) is 1. The number of carbonyl (C=O) groups excluding carboxylic acids is 1. The van der Waals surface area contributed by atoms with Crippen molar-refractivity contribution in [2.24, 2.45) is 0 Å². The van der Waals surface area contributed by atoms with E-state index in [1.807, 2.05) is 11.1 Å². The molecule has 0 unspecified atom stereocenters. The van der Waals surface area contributed by atoms with Crippen molar-refractivity contribution in [2.75, 3.05) is 13.1 Å². The average Bonchev–Trinajstić information content (AvgIpc) is 2.82. The third-order valence-electron chi connectivity index (χ3n) is 3.97. The molecule has 1 aliphatic heterocycles. The minimum absolute atomic E-state index is 0.266. The number of carbonyl (C=O) groups is 1. The summed E-state index contributed by atoms with van der Waals surface area (Å²) in [6.07, 6.45) is 6.06. The molecule has 19 heavy (non-hydrogen) atoms. The van der Waals surface area contributed by atoms with Crippen LogP contribution < -0.4 is 0 Å². The van der Waals surface area contributed by atoms with E-state index in [4.69, 9.17) is 0 Å². The Morgan fingerprint density at radius 1 is 1.26 bits per heavy atom. The second-order valence-corrected chi connectivity index (χ2v) is 5.48. The maximum absolute atomic E-state index is 12.3. The van der Waals surface area contributed by atoms with Gasteiger partial charge in [-0.15, -0.1) is 0 Å². The minimum Gasteiger partial charge on any atom is -0.361 e. The Bertz CT molecular complexity index is 594. The Hall–Kier alpha value is -1.77. The van der Waals surface area contributed by atoms with E-state index in [1.54, 1.807) is 0 Å². The average molecular weight is 256 g/mol. The standard InChI is InChI=1S/C16H20N2O/c1-12-5-6-15-14(9-12)13(11-17-15)10-16(19)18-7-3-2-4-8-18/h5-6,9,11,17H,2-4,7-8,10H2,1H3. The van der Waals surface area contributed by atoms with Gasteiger partial charge in [-0.25, -0.2) is 0 Å². The van der Waals surface area contributed by atoms with Crippen molar-refractivity contribution in [3.63, 3.8) is 0 Å². The molecule has 3 rings (SSSR count). The zero-order valence-corrected chi connectivity index (χ0v) is 11.4. The lowest BCUT2D eigenvalue weighted by Crippen LogP contribution is -2.36. The first-order valence-electron chi connectivity index (χ1n) is 7.08. The molecule has 3 heteroatoms. The summed E-state index contributed by atoms with van der Waals surface area (Å²) in [7, 11) is 0. The molecule has 1 fully saturated rings. The fourth-order valence-corrected chi connectivity index (χ4v) is 2.86. The molecular weight excluding hydrogens is 236 g/mol. The zero-order chi connectivity index (χ0) is 13.2. The van der Waals surface area contributed by atoms with Crippen LogP contribution in [0.3, 0.4) is 0 Å². The molecule has 1 amide bonds. The second kappa shape index (κ2) is 5.08. The second-order valence-electron chi connectivity index (χ2n) is 5.48. The smallest absolute Gasteiger partial charge is 0.227 e. The molecule has 3 nitrogen and oxygen atoms in total. The van der Waals surface area contributed by atoms with E-state index in [0.717, 1.165) is 37.0 Å². The van der Waals surface area contributed by atoms with E-state index < -0.39 is 0 Å². The number of benzene rings is 1. The lowest BCUT2D eigenvalue weighted by molar-refractivity contribution is -0.131. The van der Waals surface area contributed by atoms with E-state index in [9.17, 15) is 4.79 Å². The largest absolute Gasteiger partial charge is 0.361 e. The molecule has 1 aliphatic rings. The number of hydrogen-bond donors (Lipinski definition) is 1. The predicted octanol–water partition coefficient (Wildman–Crippen LogP) is 3.03. The van der Waals surface area contributed by atoms with Gasteiger partial charge in [-0.05, 0) is 43.9 Å². The molecule has 1 saturated heterocycles. The highest BCUT2D eigenvalue weighted by Crippen LogP contribution is 2.21. The van der Waals surface area contributed by atoms with E-state index in [-0.39, 0.29) is 5.91 Å². The fraction of sp³-hybridized carbons (Fsp3) is 0.438. The molecule has 1 aromatic carbocycles. The Morgan fingerprint density at radius 2 is 2.05 bits per heavy atom. The van der Waals surface area contributed by atoms with Crippen LogP contribution in [0.15, 0.2) is 24.4 Å². The van der Waals surface area contributed by atoms with E-state index in [2.05, 4.69) is 30.1 Å². The highest BCUT2D eigenvalue weighted by Gasteiger charge is 2.18. The number of H-pyrrole nitrogens is 1. The Balaban J connectivity index is 1.80. The fourth-order valence-electron chi connectivity index (χ4n) is 2.86. The normalized spacial score (nSPS) is 15.9. The first kappa shape index (κ1) is 12.3. The highest BCUT2D eigenvalue weighted by atomic mass is 16.2. The molecular formula is C16H20N2O. The summed E-state index contributed by atoms with van der Waals surface area (Å²) in [5, 5.41) is 1.19. The minimum atomic E-state index is 0.266. The molecule has 0 atom stereocenters. The maximum Gasteiger partial charge on any atom is 0.227 e. The SMILES string of the molecule is Cc1ccc2[nH]cc(CC(=O)N3CCCCC3)c2c1. The molecule has 0 radical (unpaired) electrons. The van der Waals surface area contributed by atoms with Gasteiger partial charge in [0.15, 0.2) is 0 Å². The number of nitrogens with zero attached hydrogens (tertiary/aromatic N) is 1. The number of aryl methyl sites for hydroxylation is 1. The summed E-state index contributed by atoms with van der Waals surface area (Å²) in [4.78, 5) is 17.6. The third-order valence-corrected chi connectivity index (χ3v) is 3.97. The molecule has 2 heterocycles. The summed E-state index contributed by atoms with van der Waals surface area (Å²) in [6.45, 7) is 3.95. The number of piperidine rings is 1. The Kier molecular flexibility index (Phi) is 3.28. The monoisotopic (exact) mass is 256 g/mol. The van der Waals surface area contributed by atoms with E-state index >= 15 is 0 Å². The first-order valence-corrected chi connectivity index (χ1v) is 7.08. The number of likely N-dealkylation sites (tertiary alicyclic amines) is 1. The van der Waals surface area contributed by atoms with Crippen molar-refractivity contribution >= 4 is 16.8 Å². The number of fused-ring (bicyclic) bond motifs is 1. The van der Waals surface area contributed by atoms with Crippen molar-refractivity contribution in [1.29, 1.82) is 0 Å². The van der Waals surface area contributed by atoms with Gasteiger partial charge in [-0.1, -0.05) is 11.6 Å². The van der Waals surface area contributed by atoms with Gasteiger partial charge >= 0.3 is 0 Å². The van der Waals surface area contributed by atoms with E-state index in [0.29, 0.717) is 6.42 Å². The summed E-state index contributed by atoms with van der Waals surface area (Å²) in [6, 6.07) is 6.33. The van der Waals surface area contributed by atoms with Crippen LogP contribution in [-0.2, 0) is 11.2 Å². The lowest BCUT2D eigenvalue weighted by atomic mass is 10.1. The van der Waals surface area contributed by atoms with Gasteiger partial charge in [0.05, 0.1) is 6.42 Å². The zero-order valence-electron chi connectivity index (χ0n) is 11.4. The van der Waals surface area contributed by atoms with Crippen LogP contribution in [-0.4, -0.2) is 28.9 Å². The van der Waals surface area contributed by atoms with Gasteiger partial charge in [-0.3, -0.25) is 4.79 Å². The Labute approximate surface area is 113 Å². The molecule has 1 N–H and O–H groups in total. The molecule has 1 aromatic heterocycles. The number of amides is 1. The predicted molar refractivity (Wildman–Crippen MR) is 77.2 cm³/mol. The lowest BCUT2D eigenvalue weighted by Gasteiger charge is -2.26. The van der Waals surface area contributed by atoms with Gasteiger partial charge < -0.3 is 9.88 Å². The summed E-state index contributed by atoms with van der Waals surface area (Å²) >= 11 is 0. The van der Waals surface area contributed by atoms with Crippen LogP contribution in [0.2, 0.25) is 0 Å². The van der Waals surface area contributed by atoms with Crippen molar-refractivity contribution in [3.8, 4) is 0 Å². The topological polar surface area (TPSA) is 36.1 Å². The van der Waals surface area contributed by atoms with Crippen LogP contribution >= 0.6 is 0 Å². The van der Waals surface area contributed by atoms with Crippen LogP contribution in [0, 0.1) is 6.92 Å². The number of aromatic amines is 1. The number of rotatable bonds is 2. The van der Waals surface area contributed by atoms with Crippen LogP contribution in [0.4, 0.5) is 0 Å². The summed E-state index contributed by atoms with van der Waals surface area (Å²) < 4.78 is 0. The van der Waals surface area contributed by atoms with Gasteiger partial charge in [0.25, 0.3) is 0 Å². The molecule has 0 spiro atoms. The van der Waals surface area contributed by atoms with Crippen LogP contribution in [0.25, 0.3) is 10.9 Å². The highest BCUT2D eigenvalue weighted by molar-refractivity contribution is 5.89. The molecule has 2 aromatic rings.